The number of hydrogen-bond donors (Lipinski definition) is 0. The normalized spacial score (nSPS) is 9.78. The largest absolute Gasteiger partial charge is 0.483 e. The highest BCUT2D eigenvalue weighted by Gasteiger charge is 2.23. The molecule has 0 spiro atoms. The van der Waals surface area contributed by atoms with Crippen LogP contribution in [0.25, 0.3) is 0 Å². The van der Waals surface area contributed by atoms with Gasteiger partial charge in [0.25, 0.3) is 11.7 Å². The van der Waals surface area contributed by atoms with Crippen molar-refractivity contribution in [2.45, 2.75) is 34.1 Å². The highest BCUT2D eigenvalue weighted by atomic mass is 28.2. The molecule has 0 fully saturated rings. The van der Waals surface area contributed by atoms with Gasteiger partial charge >= 0.3 is 5.95 Å². The number of carbonyl (C=O) groups excluding carboxylic acids is 1. The van der Waals surface area contributed by atoms with Gasteiger partial charge in [0.2, 0.25) is 0 Å². The Bertz CT molecular complexity index is 273. The smallest absolute Gasteiger partial charge is 0.329 e. The van der Waals surface area contributed by atoms with Crippen molar-refractivity contribution in [1.82, 2.24) is 4.57 Å². The van der Waals surface area contributed by atoms with Crippen LogP contribution in [0.15, 0.2) is 11.7 Å². The third-order valence-corrected chi connectivity index (χ3v) is 2.98. The number of hydrogen-bond acceptors (Lipinski definition) is 4. The Labute approximate surface area is 113 Å². The third-order valence-electron chi connectivity index (χ3n) is 2.12. The van der Waals surface area contributed by atoms with E-state index in [1.54, 1.807) is 4.57 Å². The van der Waals surface area contributed by atoms with E-state index in [9.17, 15) is 4.79 Å². The molecular formula is C12H25NO4Si. The Morgan fingerprint density at radius 2 is 1.50 bits per heavy atom. The van der Waals surface area contributed by atoms with Gasteiger partial charge in [-0.25, -0.2) is 0 Å². The first-order valence-corrected chi connectivity index (χ1v) is 7.39. The molecule has 0 N–H and O–H groups in total. The van der Waals surface area contributed by atoms with Gasteiger partial charge in [0.15, 0.2) is 0 Å². The molecule has 18 heavy (non-hydrogen) atoms. The van der Waals surface area contributed by atoms with Crippen molar-refractivity contribution in [3.05, 3.63) is 11.7 Å². The van der Waals surface area contributed by atoms with Crippen molar-refractivity contribution in [3.8, 4) is 0 Å². The van der Waals surface area contributed by atoms with Crippen molar-refractivity contribution in [2.24, 2.45) is 0 Å². The van der Waals surface area contributed by atoms with Crippen molar-refractivity contribution < 1.29 is 19.0 Å². The second kappa shape index (κ2) is 9.82. The van der Waals surface area contributed by atoms with E-state index in [0.717, 1.165) is 13.0 Å². The minimum absolute atomic E-state index is 0.151. The fourth-order valence-electron chi connectivity index (χ4n) is 1.40. The lowest BCUT2D eigenvalue weighted by atomic mass is 10.4. The Morgan fingerprint density at radius 3 is 1.89 bits per heavy atom. The lowest BCUT2D eigenvalue weighted by molar-refractivity contribution is -0.128. The molecule has 0 aliphatic heterocycles. The van der Waals surface area contributed by atoms with Gasteiger partial charge in [-0.15, -0.1) is 0 Å². The molecule has 106 valence electrons. The SMILES string of the molecule is CCCN([SiH3])C(=O)C(OCC)=C(OCC)OCC. The fraction of sp³-hybridized carbons (Fsp3) is 0.750. The topological polar surface area (TPSA) is 48.0 Å². The molecular weight excluding hydrogens is 250 g/mol. The van der Waals surface area contributed by atoms with Crippen LogP contribution in [0.4, 0.5) is 0 Å². The van der Waals surface area contributed by atoms with E-state index >= 15 is 0 Å². The van der Waals surface area contributed by atoms with Crippen LogP contribution in [0.2, 0.25) is 0 Å². The van der Waals surface area contributed by atoms with Crippen LogP contribution in [0.5, 0.6) is 0 Å². The minimum atomic E-state index is -0.151. The number of amides is 1. The molecule has 1 amide bonds. The monoisotopic (exact) mass is 275 g/mol. The van der Waals surface area contributed by atoms with Gasteiger partial charge in [-0.3, -0.25) is 4.79 Å². The third kappa shape index (κ3) is 5.44. The second-order valence-corrected chi connectivity index (χ2v) is 4.72. The zero-order chi connectivity index (χ0) is 14.0. The molecule has 0 heterocycles. The van der Waals surface area contributed by atoms with Gasteiger partial charge < -0.3 is 18.8 Å². The molecule has 0 aromatic carbocycles. The van der Waals surface area contributed by atoms with E-state index in [1.807, 2.05) is 27.7 Å². The summed E-state index contributed by atoms with van der Waals surface area (Å²) < 4.78 is 17.8. The quantitative estimate of drug-likeness (QED) is 0.354. The lowest BCUT2D eigenvalue weighted by Gasteiger charge is -2.20. The van der Waals surface area contributed by atoms with Crippen LogP contribution in [0.3, 0.4) is 0 Å². The number of nitrogens with zero attached hydrogens (tertiary/aromatic N) is 1. The van der Waals surface area contributed by atoms with E-state index in [4.69, 9.17) is 14.2 Å². The molecule has 0 saturated heterocycles. The lowest BCUT2D eigenvalue weighted by Crippen LogP contribution is -2.32. The molecule has 0 atom stereocenters. The maximum atomic E-state index is 12.2. The van der Waals surface area contributed by atoms with E-state index < -0.39 is 0 Å². The zero-order valence-corrected chi connectivity index (χ0v) is 14.1. The first-order valence-electron chi connectivity index (χ1n) is 6.50. The van der Waals surface area contributed by atoms with Gasteiger partial charge in [-0.2, -0.15) is 0 Å². The van der Waals surface area contributed by atoms with Crippen LogP contribution >= 0.6 is 0 Å². The van der Waals surface area contributed by atoms with Crippen molar-refractivity contribution in [3.63, 3.8) is 0 Å². The summed E-state index contributed by atoms with van der Waals surface area (Å²) in [5.74, 6) is 0.232. The standard InChI is InChI=1S/C12H25NO4Si/c1-5-9-13(18)11(14)10(15-6-2)12(16-7-3)17-8-4/h5-9H2,1-4,18H3. The van der Waals surface area contributed by atoms with Gasteiger partial charge in [-0.05, 0) is 27.2 Å². The number of carbonyl (C=O) groups is 1. The summed E-state index contributed by atoms with van der Waals surface area (Å²) >= 11 is 0. The summed E-state index contributed by atoms with van der Waals surface area (Å²) in [6, 6.07) is 0. The first kappa shape index (κ1) is 16.8. The Hall–Kier alpha value is -1.17. The molecule has 0 aliphatic carbocycles. The first-order chi connectivity index (χ1) is 8.62. The van der Waals surface area contributed by atoms with E-state index in [1.165, 1.54) is 0 Å². The predicted molar refractivity (Wildman–Crippen MR) is 73.8 cm³/mol. The van der Waals surface area contributed by atoms with Crippen LogP contribution in [-0.2, 0) is 19.0 Å². The molecule has 0 unspecified atom stereocenters. The van der Waals surface area contributed by atoms with E-state index in [2.05, 4.69) is 0 Å². The summed E-state index contributed by atoms with van der Waals surface area (Å²) in [4.78, 5) is 12.2. The summed E-state index contributed by atoms with van der Waals surface area (Å²) in [5.41, 5.74) is 0. The highest BCUT2D eigenvalue weighted by molar-refractivity contribution is 6.17. The van der Waals surface area contributed by atoms with Crippen molar-refractivity contribution >= 4 is 16.3 Å². The van der Waals surface area contributed by atoms with E-state index in [-0.39, 0.29) is 17.6 Å². The highest BCUT2D eigenvalue weighted by Crippen LogP contribution is 2.13. The summed E-state index contributed by atoms with van der Waals surface area (Å²) in [6.45, 7) is 9.57. The van der Waals surface area contributed by atoms with Crippen molar-refractivity contribution in [1.29, 1.82) is 0 Å². The van der Waals surface area contributed by atoms with Crippen LogP contribution < -0.4 is 0 Å². The maximum absolute atomic E-state index is 12.2. The summed E-state index contributed by atoms with van der Waals surface area (Å²) in [6.07, 6.45) is 0.924. The van der Waals surface area contributed by atoms with Crippen molar-refractivity contribution in [2.75, 3.05) is 26.4 Å². The fourth-order valence-corrected chi connectivity index (χ4v) is 2.05. The molecule has 5 nitrogen and oxygen atoms in total. The predicted octanol–water partition coefficient (Wildman–Crippen LogP) is 0.784. The molecule has 0 rings (SSSR count). The van der Waals surface area contributed by atoms with Gasteiger partial charge in [0.1, 0.15) is 10.4 Å². The summed E-state index contributed by atoms with van der Waals surface area (Å²) in [7, 11) is 0.650. The second-order valence-electron chi connectivity index (χ2n) is 3.64. The summed E-state index contributed by atoms with van der Waals surface area (Å²) in [5, 5.41) is 0. The average molecular weight is 275 g/mol. The van der Waals surface area contributed by atoms with Crippen LogP contribution in [0, 0.1) is 0 Å². The molecule has 0 saturated carbocycles. The molecule has 0 aromatic rings. The maximum Gasteiger partial charge on any atom is 0.329 e. The Kier molecular flexibility index (Phi) is 9.18. The van der Waals surface area contributed by atoms with Crippen LogP contribution in [-0.4, -0.2) is 47.2 Å². The molecule has 0 radical (unpaired) electrons. The Balaban J connectivity index is 5.07. The van der Waals surface area contributed by atoms with Gasteiger partial charge in [0, 0.05) is 6.54 Å². The molecule has 6 heteroatoms. The minimum Gasteiger partial charge on any atom is -0.483 e. The molecule has 0 aliphatic rings. The zero-order valence-electron chi connectivity index (χ0n) is 12.1. The number of rotatable bonds is 9. The van der Waals surface area contributed by atoms with Crippen LogP contribution in [0.1, 0.15) is 34.1 Å². The molecule has 0 aromatic heterocycles. The molecule has 0 bridgehead atoms. The average Bonchev–Trinajstić information content (AvgIpc) is 2.35. The number of ether oxygens (including phenoxy) is 3. The Morgan fingerprint density at radius 1 is 1.00 bits per heavy atom. The van der Waals surface area contributed by atoms with Gasteiger partial charge in [-0.1, -0.05) is 6.92 Å². The van der Waals surface area contributed by atoms with E-state index in [0.29, 0.717) is 30.2 Å². The van der Waals surface area contributed by atoms with Gasteiger partial charge in [0.05, 0.1) is 19.8 Å².